The summed E-state index contributed by atoms with van der Waals surface area (Å²) in [4.78, 5) is 36.4. The Labute approximate surface area is 209 Å². The standard InChI is InChI=1S/C28H27N3O5/c1-5-27(33)30-23-8-6-20(7-9-23)26(32)17-36-28(34)22(16-29)15-21-14-18(2)31(19(21)3)24-10-12-25(35-4)13-11-24/h6-15H,5,17H2,1-4H3,(H,30,33)/b22-15+. The van der Waals surface area contributed by atoms with E-state index in [0.717, 1.165) is 22.8 Å². The third-order valence-electron chi connectivity index (χ3n) is 5.59. The molecule has 0 radical (unpaired) electrons. The minimum Gasteiger partial charge on any atom is -0.497 e. The molecule has 3 rings (SSSR count). The number of anilines is 1. The highest BCUT2D eigenvalue weighted by Crippen LogP contribution is 2.24. The fourth-order valence-electron chi connectivity index (χ4n) is 3.64. The van der Waals surface area contributed by atoms with Crippen LogP contribution in [-0.4, -0.2) is 35.9 Å². The van der Waals surface area contributed by atoms with E-state index in [-0.39, 0.29) is 11.5 Å². The molecule has 0 saturated heterocycles. The van der Waals surface area contributed by atoms with E-state index in [1.807, 2.05) is 54.8 Å². The van der Waals surface area contributed by atoms with Crippen LogP contribution >= 0.6 is 0 Å². The molecule has 0 aliphatic heterocycles. The topological polar surface area (TPSA) is 110 Å². The second-order valence-corrected chi connectivity index (χ2v) is 8.01. The zero-order chi connectivity index (χ0) is 26.2. The molecule has 36 heavy (non-hydrogen) atoms. The van der Waals surface area contributed by atoms with Crippen molar-refractivity contribution in [1.29, 1.82) is 5.26 Å². The number of nitriles is 1. The molecule has 3 aromatic rings. The Hall–Kier alpha value is -4.64. The number of Topliss-reactive ketones (excluding diaryl/α,β-unsaturated/α-hetero) is 1. The molecule has 0 bridgehead atoms. The largest absolute Gasteiger partial charge is 0.497 e. The van der Waals surface area contributed by atoms with Gasteiger partial charge in [-0.2, -0.15) is 5.26 Å². The Morgan fingerprint density at radius 2 is 1.72 bits per heavy atom. The fraction of sp³-hybridized carbons (Fsp3) is 0.214. The normalized spacial score (nSPS) is 10.9. The lowest BCUT2D eigenvalue weighted by Crippen LogP contribution is -2.15. The van der Waals surface area contributed by atoms with Crippen molar-refractivity contribution in [2.45, 2.75) is 27.2 Å². The van der Waals surface area contributed by atoms with Crippen LogP contribution in [0, 0.1) is 25.2 Å². The highest BCUT2D eigenvalue weighted by atomic mass is 16.5. The molecule has 0 spiro atoms. The number of amides is 1. The van der Waals surface area contributed by atoms with E-state index in [4.69, 9.17) is 9.47 Å². The van der Waals surface area contributed by atoms with E-state index in [9.17, 15) is 19.6 Å². The van der Waals surface area contributed by atoms with Gasteiger partial charge in [-0.05, 0) is 80.1 Å². The monoisotopic (exact) mass is 485 g/mol. The number of rotatable bonds is 9. The summed E-state index contributed by atoms with van der Waals surface area (Å²) in [6.07, 6.45) is 1.80. The number of nitrogens with one attached hydrogen (secondary N) is 1. The number of aryl methyl sites for hydroxylation is 1. The van der Waals surface area contributed by atoms with Crippen molar-refractivity contribution in [3.05, 3.63) is 82.7 Å². The summed E-state index contributed by atoms with van der Waals surface area (Å²) in [6.45, 7) is 5.05. The van der Waals surface area contributed by atoms with Crippen molar-refractivity contribution in [2.75, 3.05) is 19.0 Å². The van der Waals surface area contributed by atoms with E-state index in [1.54, 1.807) is 26.2 Å². The summed E-state index contributed by atoms with van der Waals surface area (Å²) in [7, 11) is 1.60. The lowest BCUT2D eigenvalue weighted by atomic mass is 10.1. The smallest absolute Gasteiger partial charge is 0.349 e. The van der Waals surface area contributed by atoms with Gasteiger partial charge < -0.3 is 19.4 Å². The number of carbonyl (C=O) groups excluding carboxylic acids is 3. The molecule has 1 N–H and O–H groups in total. The molecule has 0 unspecified atom stereocenters. The van der Waals surface area contributed by atoms with E-state index < -0.39 is 18.4 Å². The summed E-state index contributed by atoms with van der Waals surface area (Å²) < 4.78 is 12.3. The molecule has 8 nitrogen and oxygen atoms in total. The Kier molecular flexibility index (Phi) is 8.42. The van der Waals surface area contributed by atoms with Gasteiger partial charge in [0, 0.05) is 34.7 Å². The minimum atomic E-state index is -0.882. The fourth-order valence-corrected chi connectivity index (χ4v) is 3.64. The zero-order valence-corrected chi connectivity index (χ0v) is 20.6. The number of hydrogen-bond acceptors (Lipinski definition) is 6. The SMILES string of the molecule is CCC(=O)Nc1ccc(C(=O)COC(=O)/C(C#N)=C/c2cc(C)n(-c3ccc(OC)cc3)c2C)cc1. The maximum Gasteiger partial charge on any atom is 0.349 e. The quantitative estimate of drug-likeness (QED) is 0.202. The first-order valence-corrected chi connectivity index (χ1v) is 11.3. The van der Waals surface area contributed by atoms with Crippen molar-refractivity contribution in [2.24, 2.45) is 0 Å². The van der Waals surface area contributed by atoms with Gasteiger partial charge in [0.25, 0.3) is 0 Å². The predicted octanol–water partition coefficient (Wildman–Crippen LogP) is 4.78. The van der Waals surface area contributed by atoms with Gasteiger partial charge in [-0.15, -0.1) is 0 Å². The number of ketones is 1. The number of ether oxygens (including phenoxy) is 2. The third-order valence-corrected chi connectivity index (χ3v) is 5.59. The molecular formula is C28H27N3O5. The molecule has 0 aliphatic rings. The van der Waals surface area contributed by atoms with Crippen LogP contribution in [0.1, 0.15) is 40.7 Å². The van der Waals surface area contributed by atoms with Crippen molar-refractivity contribution in [3.8, 4) is 17.5 Å². The zero-order valence-electron chi connectivity index (χ0n) is 20.6. The van der Waals surface area contributed by atoms with E-state index in [2.05, 4.69) is 5.32 Å². The van der Waals surface area contributed by atoms with Gasteiger partial charge >= 0.3 is 5.97 Å². The molecule has 0 fully saturated rings. The van der Waals surface area contributed by atoms with E-state index in [0.29, 0.717) is 23.2 Å². The van der Waals surface area contributed by atoms with Crippen molar-refractivity contribution >= 4 is 29.4 Å². The van der Waals surface area contributed by atoms with Crippen LogP contribution < -0.4 is 10.1 Å². The van der Waals surface area contributed by atoms with Crippen molar-refractivity contribution in [1.82, 2.24) is 4.57 Å². The highest BCUT2D eigenvalue weighted by Gasteiger charge is 2.17. The maximum absolute atomic E-state index is 12.5. The summed E-state index contributed by atoms with van der Waals surface area (Å²) in [5, 5.41) is 12.2. The summed E-state index contributed by atoms with van der Waals surface area (Å²) in [5.41, 5.74) is 4.04. The molecule has 0 saturated carbocycles. The van der Waals surface area contributed by atoms with Gasteiger partial charge in [-0.1, -0.05) is 6.92 Å². The van der Waals surface area contributed by atoms with Gasteiger partial charge in [0.05, 0.1) is 7.11 Å². The average Bonchev–Trinajstić information content (AvgIpc) is 3.18. The molecule has 0 aliphatic carbocycles. The molecule has 0 atom stereocenters. The molecule has 1 amide bonds. The summed E-state index contributed by atoms with van der Waals surface area (Å²) in [6, 6.07) is 17.6. The van der Waals surface area contributed by atoms with Gasteiger partial charge in [-0.3, -0.25) is 9.59 Å². The van der Waals surface area contributed by atoms with E-state index in [1.165, 1.54) is 18.2 Å². The first-order chi connectivity index (χ1) is 17.3. The van der Waals surface area contributed by atoms with Gasteiger partial charge in [0.15, 0.2) is 12.4 Å². The van der Waals surface area contributed by atoms with Crippen LogP contribution in [0.2, 0.25) is 0 Å². The number of carbonyl (C=O) groups is 3. The Bertz CT molecular complexity index is 1340. The van der Waals surface area contributed by atoms with Crippen LogP contribution in [0.5, 0.6) is 5.75 Å². The van der Waals surface area contributed by atoms with Gasteiger partial charge in [-0.25, -0.2) is 4.79 Å². The third kappa shape index (κ3) is 6.07. The first kappa shape index (κ1) is 26.0. The number of methoxy groups -OCH3 is 1. The minimum absolute atomic E-state index is 0.136. The van der Waals surface area contributed by atoms with Crippen LogP contribution in [0.15, 0.2) is 60.2 Å². The lowest BCUT2D eigenvalue weighted by molar-refractivity contribution is -0.137. The van der Waals surface area contributed by atoms with Crippen LogP contribution in [-0.2, 0) is 14.3 Å². The number of aromatic nitrogens is 1. The van der Waals surface area contributed by atoms with Crippen LogP contribution in [0.25, 0.3) is 11.8 Å². The lowest BCUT2D eigenvalue weighted by Gasteiger charge is -2.10. The predicted molar refractivity (Wildman–Crippen MR) is 136 cm³/mol. The van der Waals surface area contributed by atoms with Crippen molar-refractivity contribution in [3.63, 3.8) is 0 Å². The molecule has 8 heteroatoms. The molecular weight excluding hydrogens is 458 g/mol. The molecule has 2 aromatic carbocycles. The number of esters is 1. The Morgan fingerprint density at radius 1 is 1.06 bits per heavy atom. The molecule has 1 heterocycles. The second-order valence-electron chi connectivity index (χ2n) is 8.01. The maximum atomic E-state index is 12.5. The summed E-state index contributed by atoms with van der Waals surface area (Å²) in [5.74, 6) is -0.702. The van der Waals surface area contributed by atoms with E-state index >= 15 is 0 Å². The van der Waals surface area contributed by atoms with Crippen LogP contribution in [0.3, 0.4) is 0 Å². The highest BCUT2D eigenvalue weighted by molar-refractivity contribution is 6.02. The van der Waals surface area contributed by atoms with Gasteiger partial charge in [0.2, 0.25) is 5.91 Å². The number of nitrogens with zero attached hydrogens (tertiary/aromatic N) is 2. The second kappa shape index (κ2) is 11.7. The molecule has 184 valence electrons. The van der Waals surface area contributed by atoms with Crippen LogP contribution in [0.4, 0.5) is 5.69 Å². The Morgan fingerprint density at radius 3 is 2.31 bits per heavy atom. The number of hydrogen-bond donors (Lipinski definition) is 1. The van der Waals surface area contributed by atoms with Crippen molar-refractivity contribution < 1.29 is 23.9 Å². The Balaban J connectivity index is 1.70. The summed E-state index contributed by atoms with van der Waals surface area (Å²) >= 11 is 0. The molecule has 1 aromatic heterocycles. The average molecular weight is 486 g/mol. The van der Waals surface area contributed by atoms with Gasteiger partial charge in [0.1, 0.15) is 17.4 Å². The first-order valence-electron chi connectivity index (χ1n) is 11.3. The number of benzene rings is 2.